The minimum atomic E-state index is -0.758. The van der Waals surface area contributed by atoms with Gasteiger partial charge in [0.1, 0.15) is 11.6 Å². The molecule has 0 radical (unpaired) electrons. The van der Waals surface area contributed by atoms with Crippen LogP contribution in [0.15, 0.2) is 53.0 Å². The molecule has 26 heavy (non-hydrogen) atoms. The van der Waals surface area contributed by atoms with Gasteiger partial charge in [0.25, 0.3) is 5.91 Å². The lowest BCUT2D eigenvalue weighted by atomic mass is 10.1. The van der Waals surface area contributed by atoms with Crippen LogP contribution in [0, 0.1) is 11.6 Å². The monoisotopic (exact) mass is 423 g/mol. The molecule has 1 atom stereocenters. The highest BCUT2D eigenvalue weighted by Crippen LogP contribution is 2.17. The molecular formula is C19H16BrF2NO3. The van der Waals surface area contributed by atoms with Crippen molar-refractivity contribution in [3.8, 4) is 0 Å². The van der Waals surface area contributed by atoms with Crippen LogP contribution in [0.5, 0.6) is 0 Å². The number of hydrogen-bond acceptors (Lipinski definition) is 3. The van der Waals surface area contributed by atoms with Gasteiger partial charge in [0.2, 0.25) is 0 Å². The van der Waals surface area contributed by atoms with E-state index in [0.717, 1.165) is 22.2 Å². The smallest absolute Gasteiger partial charge is 0.331 e. The fourth-order valence-corrected chi connectivity index (χ4v) is 2.59. The van der Waals surface area contributed by atoms with Gasteiger partial charge in [0.05, 0.1) is 6.04 Å². The predicted molar refractivity (Wildman–Crippen MR) is 97.1 cm³/mol. The molecule has 1 N–H and O–H groups in total. The molecule has 4 nitrogen and oxygen atoms in total. The summed E-state index contributed by atoms with van der Waals surface area (Å²) in [5.74, 6) is -2.73. The lowest BCUT2D eigenvalue weighted by molar-refractivity contribution is -0.144. The maximum absolute atomic E-state index is 13.7. The number of amides is 1. The maximum Gasteiger partial charge on any atom is 0.331 e. The Kier molecular flexibility index (Phi) is 7.03. The van der Waals surface area contributed by atoms with Gasteiger partial charge in [-0.25, -0.2) is 13.6 Å². The number of carbonyl (C=O) groups excluding carboxylic acids is 2. The van der Waals surface area contributed by atoms with Gasteiger partial charge in [-0.1, -0.05) is 34.1 Å². The fourth-order valence-electron chi connectivity index (χ4n) is 2.17. The highest BCUT2D eigenvalue weighted by Gasteiger charge is 2.15. The number of hydrogen-bond donors (Lipinski definition) is 1. The number of nitrogens with one attached hydrogen (secondary N) is 1. The van der Waals surface area contributed by atoms with E-state index in [9.17, 15) is 18.4 Å². The third kappa shape index (κ3) is 6.07. The number of ether oxygens (including phenoxy) is 1. The van der Waals surface area contributed by atoms with Gasteiger partial charge >= 0.3 is 5.97 Å². The molecule has 1 amide bonds. The second-order valence-corrected chi connectivity index (χ2v) is 6.37. The molecule has 136 valence electrons. The summed E-state index contributed by atoms with van der Waals surface area (Å²) >= 11 is 3.32. The first-order valence-corrected chi connectivity index (χ1v) is 8.49. The summed E-state index contributed by atoms with van der Waals surface area (Å²) in [4.78, 5) is 23.5. The van der Waals surface area contributed by atoms with Crippen molar-refractivity contribution in [1.82, 2.24) is 5.32 Å². The lowest BCUT2D eigenvalue weighted by Gasteiger charge is -2.15. The summed E-state index contributed by atoms with van der Waals surface area (Å²) in [6.07, 6.45) is 2.76. The van der Waals surface area contributed by atoms with Gasteiger partial charge in [-0.15, -0.1) is 0 Å². The molecule has 0 heterocycles. The van der Waals surface area contributed by atoms with Gasteiger partial charge in [0.15, 0.2) is 6.61 Å². The van der Waals surface area contributed by atoms with E-state index in [1.807, 2.05) is 18.2 Å². The van der Waals surface area contributed by atoms with Crippen LogP contribution in [0.2, 0.25) is 0 Å². The number of benzene rings is 2. The van der Waals surface area contributed by atoms with Gasteiger partial charge in [-0.05, 0) is 36.8 Å². The molecule has 0 aliphatic heterocycles. The molecule has 0 aromatic heterocycles. The van der Waals surface area contributed by atoms with Crippen LogP contribution in [-0.4, -0.2) is 18.5 Å². The molecule has 2 aromatic rings. The van der Waals surface area contributed by atoms with Crippen LogP contribution in [0.3, 0.4) is 0 Å². The van der Waals surface area contributed by atoms with Crippen LogP contribution in [0.1, 0.15) is 24.1 Å². The van der Waals surface area contributed by atoms with E-state index in [-0.39, 0.29) is 5.56 Å². The fraction of sp³-hybridized carbons (Fsp3) is 0.158. The highest BCUT2D eigenvalue weighted by atomic mass is 79.9. The Balaban J connectivity index is 1.83. The first-order chi connectivity index (χ1) is 12.3. The first kappa shape index (κ1) is 19.8. The van der Waals surface area contributed by atoms with Crippen LogP contribution < -0.4 is 5.32 Å². The molecule has 0 saturated heterocycles. The average Bonchev–Trinajstić information content (AvgIpc) is 2.58. The van der Waals surface area contributed by atoms with E-state index in [1.165, 1.54) is 12.1 Å². The summed E-state index contributed by atoms with van der Waals surface area (Å²) in [6, 6.07) is 9.69. The van der Waals surface area contributed by atoms with Crippen molar-refractivity contribution >= 4 is 33.9 Å². The Morgan fingerprint density at radius 3 is 2.69 bits per heavy atom. The van der Waals surface area contributed by atoms with Crippen molar-refractivity contribution in [2.45, 2.75) is 13.0 Å². The zero-order chi connectivity index (χ0) is 19.1. The second kappa shape index (κ2) is 9.24. The van der Waals surface area contributed by atoms with Crippen LogP contribution in [0.25, 0.3) is 6.08 Å². The summed E-state index contributed by atoms with van der Waals surface area (Å²) in [7, 11) is 0. The van der Waals surface area contributed by atoms with E-state index < -0.39 is 36.2 Å². The van der Waals surface area contributed by atoms with Crippen molar-refractivity contribution in [3.05, 3.63) is 75.8 Å². The van der Waals surface area contributed by atoms with Crippen LogP contribution in [0.4, 0.5) is 8.78 Å². The molecule has 0 fully saturated rings. The third-order valence-corrected chi connectivity index (χ3v) is 3.91. The van der Waals surface area contributed by atoms with E-state index in [1.54, 1.807) is 19.1 Å². The van der Waals surface area contributed by atoms with Gasteiger partial charge in [0, 0.05) is 22.2 Å². The van der Waals surface area contributed by atoms with E-state index in [0.29, 0.717) is 0 Å². The summed E-state index contributed by atoms with van der Waals surface area (Å²) in [5, 5.41) is 2.48. The Morgan fingerprint density at radius 1 is 1.23 bits per heavy atom. The molecule has 2 aromatic carbocycles. The number of rotatable bonds is 6. The summed E-state index contributed by atoms with van der Waals surface area (Å²) in [5.41, 5.74) is 0.932. The Labute approximate surface area is 158 Å². The maximum atomic E-state index is 13.7. The van der Waals surface area contributed by atoms with E-state index in [2.05, 4.69) is 21.2 Å². The molecule has 0 saturated carbocycles. The van der Waals surface area contributed by atoms with Crippen molar-refractivity contribution in [3.63, 3.8) is 0 Å². The SMILES string of the molecule is CC(NC(=O)COC(=O)/C=C/c1cccc(Br)c1)c1ccc(F)cc1F. The average molecular weight is 424 g/mol. The Bertz CT molecular complexity index is 839. The van der Waals surface area contributed by atoms with Crippen molar-refractivity contribution in [2.75, 3.05) is 6.61 Å². The van der Waals surface area contributed by atoms with Gasteiger partial charge < -0.3 is 10.1 Å². The van der Waals surface area contributed by atoms with E-state index >= 15 is 0 Å². The Morgan fingerprint density at radius 2 is 2.00 bits per heavy atom. The zero-order valence-electron chi connectivity index (χ0n) is 13.8. The van der Waals surface area contributed by atoms with Crippen molar-refractivity contribution in [1.29, 1.82) is 0 Å². The van der Waals surface area contributed by atoms with Crippen molar-refractivity contribution < 1.29 is 23.1 Å². The molecule has 1 unspecified atom stereocenters. The molecule has 0 bridgehead atoms. The number of esters is 1. The van der Waals surface area contributed by atoms with Crippen molar-refractivity contribution in [2.24, 2.45) is 0 Å². The first-order valence-electron chi connectivity index (χ1n) is 7.70. The topological polar surface area (TPSA) is 55.4 Å². The second-order valence-electron chi connectivity index (χ2n) is 5.45. The standard InChI is InChI=1S/C19H16BrF2NO3/c1-12(16-7-6-15(21)10-17(16)22)23-18(24)11-26-19(25)8-5-13-3-2-4-14(20)9-13/h2-10,12H,11H2,1H3,(H,23,24)/b8-5+. The minimum absolute atomic E-state index is 0.139. The van der Waals surface area contributed by atoms with Crippen LogP contribution >= 0.6 is 15.9 Å². The number of halogens is 3. The lowest BCUT2D eigenvalue weighted by Crippen LogP contribution is -2.31. The third-order valence-electron chi connectivity index (χ3n) is 3.41. The largest absolute Gasteiger partial charge is 0.452 e. The highest BCUT2D eigenvalue weighted by molar-refractivity contribution is 9.10. The quantitative estimate of drug-likeness (QED) is 0.560. The zero-order valence-corrected chi connectivity index (χ0v) is 15.4. The molecule has 0 aliphatic carbocycles. The number of carbonyl (C=O) groups is 2. The molecule has 0 spiro atoms. The molecule has 0 aliphatic rings. The van der Waals surface area contributed by atoms with Crippen LogP contribution in [-0.2, 0) is 14.3 Å². The van der Waals surface area contributed by atoms with Gasteiger partial charge in [-0.2, -0.15) is 0 Å². The minimum Gasteiger partial charge on any atom is -0.452 e. The Hall–Kier alpha value is -2.54. The van der Waals surface area contributed by atoms with Gasteiger partial charge in [-0.3, -0.25) is 4.79 Å². The van der Waals surface area contributed by atoms with E-state index in [4.69, 9.17) is 4.74 Å². The predicted octanol–water partition coefficient (Wildman–Crippen LogP) is 4.16. The summed E-state index contributed by atoms with van der Waals surface area (Å²) in [6.45, 7) is 1.04. The summed E-state index contributed by atoms with van der Waals surface area (Å²) < 4.78 is 32.3. The molecular weight excluding hydrogens is 408 g/mol. The normalized spacial score (nSPS) is 12.0. The molecule has 7 heteroatoms. The molecule has 2 rings (SSSR count).